The van der Waals surface area contributed by atoms with Gasteiger partial charge >= 0.3 is 0 Å². The molecule has 0 aliphatic rings. The number of aliphatic hydroxyl groups excluding tert-OH is 1. The second-order valence-corrected chi connectivity index (χ2v) is 7.64. The van der Waals surface area contributed by atoms with Gasteiger partial charge in [0.05, 0.1) is 13.7 Å². The summed E-state index contributed by atoms with van der Waals surface area (Å²) < 4.78 is 10.5. The maximum atomic E-state index is 11.9. The number of methoxy groups -OCH3 is 1. The number of thiophene rings is 2. The summed E-state index contributed by atoms with van der Waals surface area (Å²) in [7, 11) is 1.60. The molecule has 3 rings (SSSR count). The molecule has 2 N–H and O–H groups in total. The maximum Gasteiger partial charge on any atom is 0.258 e. The SMILES string of the molecule is COc1ccc(OCC(=O)NCc2ccc(C(O)c3cccs3)s2)cc1. The highest BCUT2D eigenvalue weighted by Gasteiger charge is 2.14. The molecule has 2 heterocycles. The van der Waals surface area contributed by atoms with Gasteiger partial charge in [-0.05, 0) is 47.8 Å². The van der Waals surface area contributed by atoms with E-state index in [0.717, 1.165) is 20.4 Å². The number of aliphatic hydroxyl groups is 1. The number of benzene rings is 1. The summed E-state index contributed by atoms with van der Waals surface area (Å²) in [5.74, 6) is 1.15. The van der Waals surface area contributed by atoms with E-state index >= 15 is 0 Å². The molecule has 0 spiro atoms. The molecule has 2 aromatic heterocycles. The van der Waals surface area contributed by atoms with Gasteiger partial charge in [-0.3, -0.25) is 4.79 Å². The van der Waals surface area contributed by atoms with E-state index in [0.29, 0.717) is 12.3 Å². The number of ether oxygens (including phenoxy) is 2. The van der Waals surface area contributed by atoms with Crippen molar-refractivity contribution in [2.75, 3.05) is 13.7 Å². The molecule has 0 saturated carbocycles. The minimum absolute atomic E-state index is 0.0532. The van der Waals surface area contributed by atoms with Crippen LogP contribution < -0.4 is 14.8 Å². The Kier molecular flexibility index (Phi) is 6.27. The highest BCUT2D eigenvalue weighted by Crippen LogP contribution is 2.30. The smallest absolute Gasteiger partial charge is 0.258 e. The van der Waals surface area contributed by atoms with E-state index in [1.807, 2.05) is 29.6 Å². The number of amides is 1. The fourth-order valence-corrected chi connectivity index (χ4v) is 4.04. The first kappa shape index (κ1) is 18.4. The Morgan fingerprint density at radius 3 is 2.58 bits per heavy atom. The number of hydrogen-bond donors (Lipinski definition) is 2. The molecule has 0 aliphatic heterocycles. The molecule has 1 amide bonds. The fourth-order valence-electron chi connectivity index (χ4n) is 2.28. The number of rotatable bonds is 8. The van der Waals surface area contributed by atoms with Crippen LogP contribution in [0.15, 0.2) is 53.9 Å². The van der Waals surface area contributed by atoms with Crippen molar-refractivity contribution in [2.24, 2.45) is 0 Å². The molecule has 1 atom stereocenters. The lowest BCUT2D eigenvalue weighted by molar-refractivity contribution is -0.123. The van der Waals surface area contributed by atoms with E-state index in [-0.39, 0.29) is 12.5 Å². The highest BCUT2D eigenvalue weighted by molar-refractivity contribution is 7.12. The van der Waals surface area contributed by atoms with Crippen molar-refractivity contribution >= 4 is 28.6 Å². The third kappa shape index (κ3) is 4.85. The van der Waals surface area contributed by atoms with Gasteiger partial charge < -0.3 is 19.9 Å². The monoisotopic (exact) mass is 389 g/mol. The summed E-state index contributed by atoms with van der Waals surface area (Å²) in [5.41, 5.74) is 0. The number of carbonyl (C=O) groups excluding carboxylic acids is 1. The molecule has 0 fully saturated rings. The van der Waals surface area contributed by atoms with E-state index < -0.39 is 6.10 Å². The van der Waals surface area contributed by atoms with E-state index in [9.17, 15) is 9.90 Å². The van der Waals surface area contributed by atoms with E-state index in [4.69, 9.17) is 9.47 Å². The Morgan fingerprint density at radius 2 is 1.88 bits per heavy atom. The second kappa shape index (κ2) is 8.84. The molecule has 3 aromatic rings. The van der Waals surface area contributed by atoms with Crippen molar-refractivity contribution in [3.05, 3.63) is 68.5 Å². The van der Waals surface area contributed by atoms with E-state index in [1.54, 1.807) is 31.4 Å². The molecule has 0 bridgehead atoms. The molecule has 136 valence electrons. The van der Waals surface area contributed by atoms with E-state index in [2.05, 4.69) is 5.32 Å². The highest BCUT2D eigenvalue weighted by atomic mass is 32.1. The van der Waals surface area contributed by atoms with Crippen LogP contribution in [0.5, 0.6) is 11.5 Å². The van der Waals surface area contributed by atoms with Crippen molar-refractivity contribution in [2.45, 2.75) is 12.6 Å². The van der Waals surface area contributed by atoms with Crippen LogP contribution >= 0.6 is 22.7 Å². The van der Waals surface area contributed by atoms with Crippen molar-refractivity contribution in [3.8, 4) is 11.5 Å². The topological polar surface area (TPSA) is 67.8 Å². The van der Waals surface area contributed by atoms with Crippen LogP contribution in [0, 0.1) is 0 Å². The average molecular weight is 389 g/mol. The van der Waals surface area contributed by atoms with Crippen LogP contribution in [0.25, 0.3) is 0 Å². The molecule has 26 heavy (non-hydrogen) atoms. The Bertz CT molecular complexity index is 828. The molecule has 0 saturated heterocycles. The molecule has 7 heteroatoms. The van der Waals surface area contributed by atoms with Gasteiger partial charge in [0.1, 0.15) is 17.6 Å². The number of carbonyl (C=O) groups is 1. The lowest BCUT2D eigenvalue weighted by atomic mass is 10.2. The summed E-state index contributed by atoms with van der Waals surface area (Å²) in [6.45, 7) is 0.356. The van der Waals surface area contributed by atoms with Crippen molar-refractivity contribution in [1.29, 1.82) is 0 Å². The summed E-state index contributed by atoms with van der Waals surface area (Å²) in [6.07, 6.45) is -0.608. The molecule has 1 aromatic carbocycles. The van der Waals surface area contributed by atoms with Crippen LogP contribution in [0.2, 0.25) is 0 Å². The normalized spacial score (nSPS) is 11.8. The molecule has 0 radical (unpaired) electrons. The minimum Gasteiger partial charge on any atom is -0.497 e. The summed E-state index contributed by atoms with van der Waals surface area (Å²) in [4.78, 5) is 14.7. The average Bonchev–Trinajstić information content (AvgIpc) is 3.36. The first-order valence-corrected chi connectivity index (χ1v) is 9.69. The minimum atomic E-state index is -0.608. The Balaban J connectivity index is 1.45. The quantitative estimate of drug-likeness (QED) is 0.618. The molecule has 1 unspecified atom stereocenters. The van der Waals surface area contributed by atoms with Gasteiger partial charge in [-0.25, -0.2) is 0 Å². The Hall–Kier alpha value is -2.35. The number of hydrogen-bond acceptors (Lipinski definition) is 6. The van der Waals surface area contributed by atoms with Gasteiger partial charge in [0.15, 0.2) is 6.61 Å². The lowest BCUT2D eigenvalue weighted by Crippen LogP contribution is -2.28. The first-order valence-electron chi connectivity index (χ1n) is 7.99. The predicted molar refractivity (Wildman–Crippen MR) is 103 cm³/mol. The van der Waals surface area contributed by atoms with Crippen LogP contribution in [-0.2, 0) is 11.3 Å². The van der Waals surface area contributed by atoms with Crippen LogP contribution in [0.4, 0.5) is 0 Å². The first-order chi connectivity index (χ1) is 12.7. The Morgan fingerprint density at radius 1 is 1.12 bits per heavy atom. The summed E-state index contributed by atoms with van der Waals surface area (Å²) >= 11 is 3.01. The predicted octanol–water partition coefficient (Wildman–Crippen LogP) is 3.60. The molecule has 0 aliphatic carbocycles. The largest absolute Gasteiger partial charge is 0.497 e. The third-order valence-corrected chi connectivity index (χ3v) is 5.72. The summed E-state index contributed by atoms with van der Waals surface area (Å²) in [5, 5.41) is 15.1. The van der Waals surface area contributed by atoms with Crippen molar-refractivity contribution in [3.63, 3.8) is 0 Å². The van der Waals surface area contributed by atoms with Gasteiger partial charge in [0.25, 0.3) is 5.91 Å². The van der Waals surface area contributed by atoms with Crippen LogP contribution in [-0.4, -0.2) is 24.7 Å². The van der Waals surface area contributed by atoms with Gasteiger partial charge in [-0.2, -0.15) is 0 Å². The molecular formula is C19H19NO4S2. The van der Waals surface area contributed by atoms with Crippen LogP contribution in [0.1, 0.15) is 20.7 Å². The zero-order valence-electron chi connectivity index (χ0n) is 14.2. The van der Waals surface area contributed by atoms with Crippen molar-refractivity contribution in [1.82, 2.24) is 5.32 Å². The Labute approximate surface area is 159 Å². The second-order valence-electron chi connectivity index (χ2n) is 5.46. The van der Waals surface area contributed by atoms with Gasteiger partial charge in [-0.1, -0.05) is 6.07 Å². The van der Waals surface area contributed by atoms with Crippen molar-refractivity contribution < 1.29 is 19.4 Å². The number of nitrogens with one attached hydrogen (secondary N) is 1. The van der Waals surface area contributed by atoms with Gasteiger partial charge in [-0.15, -0.1) is 22.7 Å². The fraction of sp³-hybridized carbons (Fsp3) is 0.211. The standard InChI is InChI=1S/C19H19NO4S2/c1-23-13-4-6-14(7-5-13)24-12-18(21)20-11-15-8-9-17(26-15)19(22)16-3-2-10-25-16/h2-10,19,22H,11-12H2,1H3,(H,20,21). The third-order valence-electron chi connectivity index (χ3n) is 3.65. The molecular weight excluding hydrogens is 370 g/mol. The maximum absolute atomic E-state index is 11.9. The summed E-state index contributed by atoms with van der Waals surface area (Å²) in [6, 6.07) is 14.7. The van der Waals surface area contributed by atoms with Gasteiger partial charge in [0, 0.05) is 14.6 Å². The zero-order chi connectivity index (χ0) is 18.4. The van der Waals surface area contributed by atoms with Crippen LogP contribution in [0.3, 0.4) is 0 Å². The lowest BCUT2D eigenvalue weighted by Gasteiger charge is -2.08. The van der Waals surface area contributed by atoms with E-state index in [1.165, 1.54) is 22.7 Å². The zero-order valence-corrected chi connectivity index (χ0v) is 15.8. The van der Waals surface area contributed by atoms with Gasteiger partial charge in [0.2, 0.25) is 0 Å². The molecule has 5 nitrogen and oxygen atoms in total.